The van der Waals surface area contributed by atoms with Crippen LogP contribution >= 0.6 is 0 Å². The Labute approximate surface area is 145 Å². The van der Waals surface area contributed by atoms with E-state index in [1.165, 1.54) is 6.33 Å². The van der Waals surface area contributed by atoms with E-state index in [2.05, 4.69) is 24.8 Å². The summed E-state index contributed by atoms with van der Waals surface area (Å²) in [4.78, 5) is 19.5. The summed E-state index contributed by atoms with van der Waals surface area (Å²) < 4.78 is 11.3. The normalized spacial score (nSPS) is 14.3. The molecular weight excluding hydrogens is 318 g/mol. The van der Waals surface area contributed by atoms with Crippen LogP contribution < -0.4 is 9.64 Å². The highest BCUT2D eigenvalue weighted by molar-refractivity contribution is 5.60. The highest BCUT2D eigenvalue weighted by Crippen LogP contribution is 2.26. The molecule has 7 heteroatoms. The first-order valence-corrected chi connectivity index (χ1v) is 8.08. The molecule has 0 bridgehead atoms. The zero-order valence-corrected chi connectivity index (χ0v) is 13.6. The Hall–Kier alpha value is -3.06. The van der Waals surface area contributed by atoms with Crippen molar-refractivity contribution in [1.82, 2.24) is 19.9 Å². The molecule has 4 rings (SSSR count). The van der Waals surface area contributed by atoms with E-state index in [0.29, 0.717) is 25.0 Å². The van der Waals surface area contributed by atoms with Gasteiger partial charge < -0.3 is 14.4 Å². The quantitative estimate of drug-likeness (QED) is 0.725. The molecule has 3 heterocycles. The lowest BCUT2D eigenvalue weighted by molar-refractivity contribution is 0.122. The van der Waals surface area contributed by atoms with Gasteiger partial charge in [-0.3, -0.25) is 0 Å². The van der Waals surface area contributed by atoms with Crippen LogP contribution in [0.3, 0.4) is 0 Å². The summed E-state index contributed by atoms with van der Waals surface area (Å²) in [7, 11) is 0. The first-order valence-electron chi connectivity index (χ1n) is 8.08. The van der Waals surface area contributed by atoms with Gasteiger partial charge in [-0.2, -0.15) is 4.98 Å². The van der Waals surface area contributed by atoms with Crippen molar-refractivity contribution in [3.63, 3.8) is 0 Å². The number of para-hydroxylation sites is 1. The van der Waals surface area contributed by atoms with Gasteiger partial charge in [-0.25, -0.2) is 15.0 Å². The molecule has 0 atom stereocenters. The summed E-state index contributed by atoms with van der Waals surface area (Å²) in [5.41, 5.74) is 1.54. The average molecular weight is 335 g/mol. The summed E-state index contributed by atoms with van der Waals surface area (Å²) in [6, 6.07) is 11.4. The number of aromatic nitrogens is 4. The molecule has 3 aromatic rings. The molecule has 7 nitrogen and oxygen atoms in total. The van der Waals surface area contributed by atoms with Crippen molar-refractivity contribution in [3.8, 4) is 22.9 Å². The van der Waals surface area contributed by atoms with Crippen molar-refractivity contribution in [2.75, 3.05) is 31.2 Å². The fraction of sp³-hybridized carbons (Fsp3) is 0.222. The van der Waals surface area contributed by atoms with Gasteiger partial charge in [-0.1, -0.05) is 18.2 Å². The first-order chi connectivity index (χ1) is 12.4. The second kappa shape index (κ2) is 7.23. The van der Waals surface area contributed by atoms with Gasteiger partial charge in [-0.15, -0.1) is 0 Å². The SMILES string of the molecule is c1ccc(Oc2cc(-c3cncnc3)nc(N3CCOCC3)n2)cc1. The third kappa shape index (κ3) is 3.72. The molecule has 0 aliphatic carbocycles. The maximum Gasteiger partial charge on any atom is 0.229 e. The fourth-order valence-electron chi connectivity index (χ4n) is 2.56. The van der Waals surface area contributed by atoms with Crippen LogP contribution in [-0.2, 0) is 4.74 Å². The van der Waals surface area contributed by atoms with E-state index >= 15 is 0 Å². The highest BCUT2D eigenvalue weighted by Gasteiger charge is 2.17. The van der Waals surface area contributed by atoms with Gasteiger partial charge in [0.2, 0.25) is 11.8 Å². The van der Waals surface area contributed by atoms with Crippen molar-refractivity contribution in [1.29, 1.82) is 0 Å². The van der Waals surface area contributed by atoms with Gasteiger partial charge in [-0.05, 0) is 12.1 Å². The maximum absolute atomic E-state index is 5.92. The molecule has 0 amide bonds. The minimum absolute atomic E-state index is 0.488. The lowest BCUT2D eigenvalue weighted by atomic mass is 10.2. The lowest BCUT2D eigenvalue weighted by Gasteiger charge is -2.27. The van der Waals surface area contributed by atoms with Gasteiger partial charge in [0.15, 0.2) is 0 Å². The molecule has 1 aromatic carbocycles. The number of ether oxygens (including phenoxy) is 2. The zero-order chi connectivity index (χ0) is 16.9. The molecule has 1 saturated heterocycles. The molecule has 126 valence electrons. The van der Waals surface area contributed by atoms with Crippen LogP contribution in [0.2, 0.25) is 0 Å². The Kier molecular flexibility index (Phi) is 4.47. The zero-order valence-electron chi connectivity index (χ0n) is 13.6. The van der Waals surface area contributed by atoms with Crippen molar-refractivity contribution in [2.45, 2.75) is 0 Å². The van der Waals surface area contributed by atoms with Crippen molar-refractivity contribution in [2.24, 2.45) is 0 Å². The van der Waals surface area contributed by atoms with E-state index in [9.17, 15) is 0 Å². The van der Waals surface area contributed by atoms with Crippen LogP contribution in [0.1, 0.15) is 0 Å². The largest absolute Gasteiger partial charge is 0.439 e. The number of anilines is 1. The molecule has 1 fully saturated rings. The van der Waals surface area contributed by atoms with E-state index in [-0.39, 0.29) is 0 Å². The third-order valence-corrected chi connectivity index (χ3v) is 3.81. The van der Waals surface area contributed by atoms with Gasteiger partial charge in [0.25, 0.3) is 0 Å². The number of rotatable bonds is 4. The van der Waals surface area contributed by atoms with E-state index in [1.807, 2.05) is 30.3 Å². The van der Waals surface area contributed by atoms with Crippen LogP contribution in [0.25, 0.3) is 11.3 Å². The van der Waals surface area contributed by atoms with Gasteiger partial charge in [0.05, 0.1) is 18.9 Å². The molecule has 1 aliphatic rings. The fourth-order valence-corrected chi connectivity index (χ4v) is 2.56. The summed E-state index contributed by atoms with van der Waals surface area (Å²) in [5.74, 6) is 1.83. The number of morpholine rings is 1. The molecule has 0 N–H and O–H groups in total. The molecular formula is C18H17N5O2. The summed E-state index contributed by atoms with van der Waals surface area (Å²) >= 11 is 0. The minimum Gasteiger partial charge on any atom is -0.439 e. The average Bonchev–Trinajstić information content (AvgIpc) is 2.70. The summed E-state index contributed by atoms with van der Waals surface area (Å²) in [6.07, 6.45) is 4.95. The van der Waals surface area contributed by atoms with E-state index < -0.39 is 0 Å². The molecule has 1 aliphatic heterocycles. The summed E-state index contributed by atoms with van der Waals surface area (Å²) in [6.45, 7) is 2.83. The van der Waals surface area contributed by atoms with E-state index in [4.69, 9.17) is 9.47 Å². The molecule has 25 heavy (non-hydrogen) atoms. The number of nitrogens with zero attached hydrogens (tertiary/aromatic N) is 5. The Morgan fingerprint density at radius 3 is 2.48 bits per heavy atom. The van der Waals surface area contributed by atoms with Crippen molar-refractivity contribution in [3.05, 3.63) is 55.1 Å². The Morgan fingerprint density at radius 2 is 1.72 bits per heavy atom. The minimum atomic E-state index is 0.488. The number of hydrogen-bond donors (Lipinski definition) is 0. The number of hydrogen-bond acceptors (Lipinski definition) is 7. The molecule has 0 radical (unpaired) electrons. The Morgan fingerprint density at radius 1 is 0.960 bits per heavy atom. The molecule has 2 aromatic heterocycles. The van der Waals surface area contributed by atoms with Gasteiger partial charge in [0.1, 0.15) is 12.1 Å². The standard InChI is InChI=1S/C18H17N5O2/c1-2-4-15(5-3-1)25-17-10-16(14-11-19-13-20-12-14)21-18(22-17)23-6-8-24-9-7-23/h1-5,10-13H,6-9H2. The van der Waals surface area contributed by atoms with Gasteiger partial charge in [0, 0.05) is 37.1 Å². The van der Waals surface area contributed by atoms with E-state index in [0.717, 1.165) is 30.1 Å². The first kappa shape index (κ1) is 15.5. The topological polar surface area (TPSA) is 73.3 Å². The Balaban J connectivity index is 1.72. The number of benzene rings is 1. The summed E-state index contributed by atoms with van der Waals surface area (Å²) in [5, 5.41) is 0. The van der Waals surface area contributed by atoms with Crippen LogP contribution in [0.15, 0.2) is 55.1 Å². The molecule has 0 saturated carbocycles. The lowest BCUT2D eigenvalue weighted by Crippen LogP contribution is -2.37. The van der Waals surface area contributed by atoms with Crippen LogP contribution in [-0.4, -0.2) is 46.2 Å². The molecule has 0 unspecified atom stereocenters. The second-order valence-electron chi connectivity index (χ2n) is 5.53. The Bertz CT molecular complexity index is 823. The van der Waals surface area contributed by atoms with Crippen LogP contribution in [0.5, 0.6) is 11.6 Å². The predicted molar refractivity (Wildman–Crippen MR) is 92.6 cm³/mol. The van der Waals surface area contributed by atoms with Crippen molar-refractivity contribution < 1.29 is 9.47 Å². The maximum atomic E-state index is 5.92. The van der Waals surface area contributed by atoms with Crippen LogP contribution in [0.4, 0.5) is 5.95 Å². The van der Waals surface area contributed by atoms with E-state index in [1.54, 1.807) is 18.5 Å². The molecule has 0 spiro atoms. The van der Waals surface area contributed by atoms with Crippen molar-refractivity contribution >= 4 is 5.95 Å². The smallest absolute Gasteiger partial charge is 0.229 e. The second-order valence-corrected chi connectivity index (χ2v) is 5.53. The van der Waals surface area contributed by atoms with Crippen LogP contribution in [0, 0.1) is 0 Å². The monoisotopic (exact) mass is 335 g/mol. The highest BCUT2D eigenvalue weighted by atomic mass is 16.5. The third-order valence-electron chi connectivity index (χ3n) is 3.81. The van der Waals surface area contributed by atoms with Gasteiger partial charge >= 0.3 is 0 Å². The predicted octanol–water partition coefficient (Wildman–Crippen LogP) is 2.56.